The van der Waals surface area contributed by atoms with E-state index in [2.05, 4.69) is 19.2 Å². The Kier molecular flexibility index (Phi) is 7.46. The quantitative estimate of drug-likeness (QED) is 0.747. The lowest BCUT2D eigenvalue weighted by molar-refractivity contribution is -0.122. The van der Waals surface area contributed by atoms with Crippen LogP contribution >= 0.6 is 0 Å². The van der Waals surface area contributed by atoms with Gasteiger partial charge in [-0.3, -0.25) is 9.59 Å². The van der Waals surface area contributed by atoms with Crippen molar-refractivity contribution in [3.63, 3.8) is 0 Å². The second kappa shape index (κ2) is 10.3. The van der Waals surface area contributed by atoms with Crippen LogP contribution in [0.4, 0.5) is 5.69 Å². The molecule has 1 N–H and O–H groups in total. The van der Waals surface area contributed by atoms with Crippen molar-refractivity contribution in [2.45, 2.75) is 39.2 Å². The van der Waals surface area contributed by atoms with Crippen LogP contribution in [0, 0.1) is 0 Å². The molecular weight excluding hydrogens is 380 g/mol. The second-order valence-corrected chi connectivity index (χ2v) is 7.58. The Balaban J connectivity index is 1.60. The molecule has 2 atom stereocenters. The van der Waals surface area contributed by atoms with Crippen LogP contribution in [-0.2, 0) is 9.53 Å². The fourth-order valence-corrected chi connectivity index (χ4v) is 3.35. The standard InChI is InChI=1S/C24H30N2O4/c1-4-17(2)21-7-5-6-8-22(21)30-18(3)23(27)25-20-11-9-19(10-12-20)24(28)26-13-15-29-16-14-26/h5-12,17-18H,4,13-16H2,1-3H3,(H,25,27). The van der Waals surface area contributed by atoms with Gasteiger partial charge in [0.25, 0.3) is 11.8 Å². The van der Waals surface area contributed by atoms with Crippen molar-refractivity contribution in [1.29, 1.82) is 0 Å². The fraction of sp³-hybridized carbons (Fsp3) is 0.417. The van der Waals surface area contributed by atoms with Crippen molar-refractivity contribution >= 4 is 17.5 Å². The highest BCUT2D eigenvalue weighted by atomic mass is 16.5. The van der Waals surface area contributed by atoms with E-state index in [1.165, 1.54) is 0 Å². The van der Waals surface area contributed by atoms with Crippen LogP contribution in [0.2, 0.25) is 0 Å². The number of amides is 2. The Morgan fingerprint density at radius 3 is 2.40 bits per heavy atom. The zero-order valence-electron chi connectivity index (χ0n) is 17.9. The molecule has 6 heteroatoms. The number of morpholine rings is 1. The average Bonchev–Trinajstić information content (AvgIpc) is 2.79. The smallest absolute Gasteiger partial charge is 0.265 e. The second-order valence-electron chi connectivity index (χ2n) is 7.58. The topological polar surface area (TPSA) is 67.9 Å². The summed E-state index contributed by atoms with van der Waals surface area (Å²) < 4.78 is 11.2. The molecule has 0 bridgehead atoms. The molecule has 3 rings (SSSR count). The summed E-state index contributed by atoms with van der Waals surface area (Å²) in [6, 6.07) is 14.8. The van der Waals surface area contributed by atoms with Gasteiger partial charge in [0.2, 0.25) is 0 Å². The monoisotopic (exact) mass is 410 g/mol. The van der Waals surface area contributed by atoms with E-state index in [1.807, 2.05) is 24.3 Å². The Morgan fingerprint density at radius 2 is 1.73 bits per heavy atom. The first kappa shape index (κ1) is 21.8. The number of nitrogens with zero attached hydrogens (tertiary/aromatic N) is 1. The van der Waals surface area contributed by atoms with Crippen LogP contribution in [-0.4, -0.2) is 49.1 Å². The van der Waals surface area contributed by atoms with Gasteiger partial charge in [0.05, 0.1) is 13.2 Å². The third-order valence-corrected chi connectivity index (χ3v) is 5.43. The first-order chi connectivity index (χ1) is 14.5. The molecule has 0 radical (unpaired) electrons. The molecule has 1 fully saturated rings. The molecule has 2 amide bonds. The first-order valence-electron chi connectivity index (χ1n) is 10.5. The van der Waals surface area contributed by atoms with E-state index in [-0.39, 0.29) is 11.8 Å². The third-order valence-electron chi connectivity index (χ3n) is 5.43. The van der Waals surface area contributed by atoms with Crippen LogP contribution in [0.3, 0.4) is 0 Å². The number of hydrogen-bond donors (Lipinski definition) is 1. The Hall–Kier alpha value is -2.86. The molecule has 30 heavy (non-hydrogen) atoms. The van der Waals surface area contributed by atoms with Gasteiger partial charge in [0, 0.05) is 24.3 Å². The van der Waals surface area contributed by atoms with Crippen molar-refractivity contribution in [2.24, 2.45) is 0 Å². The minimum atomic E-state index is -0.648. The molecule has 0 saturated carbocycles. The Bertz CT molecular complexity index is 860. The van der Waals surface area contributed by atoms with Gasteiger partial charge in [0.1, 0.15) is 5.75 Å². The highest BCUT2D eigenvalue weighted by molar-refractivity contribution is 5.97. The lowest BCUT2D eigenvalue weighted by Crippen LogP contribution is -2.40. The molecule has 1 saturated heterocycles. The van der Waals surface area contributed by atoms with E-state index in [0.717, 1.165) is 17.7 Å². The molecule has 1 heterocycles. The number of benzene rings is 2. The Labute approximate surface area is 178 Å². The van der Waals surface area contributed by atoms with Crippen LogP contribution in [0.1, 0.15) is 49.0 Å². The summed E-state index contributed by atoms with van der Waals surface area (Å²) >= 11 is 0. The van der Waals surface area contributed by atoms with Crippen LogP contribution in [0.15, 0.2) is 48.5 Å². The van der Waals surface area contributed by atoms with Gasteiger partial charge in [-0.15, -0.1) is 0 Å². The average molecular weight is 411 g/mol. The maximum atomic E-state index is 12.6. The van der Waals surface area contributed by atoms with E-state index in [0.29, 0.717) is 43.5 Å². The van der Waals surface area contributed by atoms with Crippen LogP contribution in [0.5, 0.6) is 5.75 Å². The summed E-state index contributed by atoms with van der Waals surface area (Å²) in [6.45, 7) is 8.35. The van der Waals surface area contributed by atoms with Gasteiger partial charge in [-0.25, -0.2) is 0 Å². The number of rotatable bonds is 7. The Morgan fingerprint density at radius 1 is 1.07 bits per heavy atom. The van der Waals surface area contributed by atoms with E-state index in [9.17, 15) is 9.59 Å². The largest absolute Gasteiger partial charge is 0.481 e. The number of anilines is 1. The van der Waals surface area contributed by atoms with Gasteiger partial charge in [0.15, 0.2) is 6.10 Å². The van der Waals surface area contributed by atoms with E-state index in [4.69, 9.17) is 9.47 Å². The van der Waals surface area contributed by atoms with Crippen molar-refractivity contribution < 1.29 is 19.1 Å². The third kappa shape index (κ3) is 5.39. The SMILES string of the molecule is CCC(C)c1ccccc1OC(C)C(=O)Nc1ccc(C(=O)N2CCOCC2)cc1. The van der Waals surface area contributed by atoms with Crippen molar-refractivity contribution in [2.75, 3.05) is 31.6 Å². The maximum absolute atomic E-state index is 12.6. The molecule has 6 nitrogen and oxygen atoms in total. The summed E-state index contributed by atoms with van der Waals surface area (Å²) in [4.78, 5) is 26.9. The molecular formula is C24H30N2O4. The predicted octanol–water partition coefficient (Wildman–Crippen LogP) is 4.08. The molecule has 0 aliphatic carbocycles. The number of hydrogen-bond acceptors (Lipinski definition) is 4. The molecule has 2 unspecified atom stereocenters. The molecule has 160 valence electrons. The summed E-state index contributed by atoms with van der Waals surface area (Å²) in [5.74, 6) is 0.838. The van der Waals surface area contributed by atoms with Gasteiger partial charge >= 0.3 is 0 Å². The van der Waals surface area contributed by atoms with E-state index < -0.39 is 6.10 Å². The highest BCUT2D eigenvalue weighted by Gasteiger charge is 2.20. The summed E-state index contributed by atoms with van der Waals surface area (Å²) in [5, 5.41) is 2.86. The summed E-state index contributed by atoms with van der Waals surface area (Å²) in [6.07, 6.45) is 0.348. The summed E-state index contributed by atoms with van der Waals surface area (Å²) in [7, 11) is 0. The molecule has 2 aromatic rings. The summed E-state index contributed by atoms with van der Waals surface area (Å²) in [5.41, 5.74) is 2.33. The molecule has 0 aromatic heterocycles. The number of carbonyl (C=O) groups excluding carboxylic acids is 2. The molecule has 1 aliphatic heterocycles. The van der Waals surface area contributed by atoms with Crippen molar-refractivity contribution in [1.82, 2.24) is 4.90 Å². The predicted molar refractivity (Wildman–Crippen MR) is 117 cm³/mol. The maximum Gasteiger partial charge on any atom is 0.265 e. The number of ether oxygens (including phenoxy) is 2. The zero-order chi connectivity index (χ0) is 21.5. The van der Waals surface area contributed by atoms with Crippen LogP contribution < -0.4 is 10.1 Å². The molecule has 2 aromatic carbocycles. The van der Waals surface area contributed by atoms with Crippen LogP contribution in [0.25, 0.3) is 0 Å². The lowest BCUT2D eigenvalue weighted by atomic mass is 9.98. The minimum Gasteiger partial charge on any atom is -0.481 e. The van der Waals surface area contributed by atoms with E-state index >= 15 is 0 Å². The zero-order valence-corrected chi connectivity index (χ0v) is 17.9. The van der Waals surface area contributed by atoms with Crippen molar-refractivity contribution in [3.05, 3.63) is 59.7 Å². The number of carbonyl (C=O) groups is 2. The normalized spacial score (nSPS) is 15.9. The molecule has 1 aliphatic rings. The fourth-order valence-electron chi connectivity index (χ4n) is 3.35. The van der Waals surface area contributed by atoms with Gasteiger partial charge in [-0.2, -0.15) is 0 Å². The van der Waals surface area contributed by atoms with E-state index in [1.54, 1.807) is 36.1 Å². The first-order valence-corrected chi connectivity index (χ1v) is 10.5. The number of nitrogens with one attached hydrogen (secondary N) is 1. The van der Waals surface area contributed by atoms with Gasteiger partial charge in [-0.05, 0) is 55.2 Å². The number of para-hydroxylation sites is 1. The van der Waals surface area contributed by atoms with Gasteiger partial charge < -0.3 is 19.7 Å². The van der Waals surface area contributed by atoms with Crippen molar-refractivity contribution in [3.8, 4) is 5.75 Å². The molecule has 0 spiro atoms. The van der Waals surface area contributed by atoms with Gasteiger partial charge in [-0.1, -0.05) is 32.0 Å². The highest BCUT2D eigenvalue weighted by Crippen LogP contribution is 2.29. The lowest BCUT2D eigenvalue weighted by Gasteiger charge is -2.26. The minimum absolute atomic E-state index is 0.0190.